The van der Waals surface area contributed by atoms with Gasteiger partial charge in [-0.15, -0.1) is 4.40 Å². The minimum atomic E-state index is -2.28. The van der Waals surface area contributed by atoms with Crippen molar-refractivity contribution in [2.75, 3.05) is 0 Å². The molecular formula is C2H5N3O2S. The smallest absolute Gasteiger partial charge is 0.283 e. The number of nitrogens with zero attached hydrogens (tertiary/aromatic N) is 1. The second kappa shape index (κ2) is 3.28. The maximum absolute atomic E-state index is 9.71. The fraction of sp³-hybridized carbons (Fsp3) is 0. The SMILES string of the molecule is N=CC(N)=NS(=O)O. The molecule has 0 bridgehead atoms. The highest BCUT2D eigenvalue weighted by molar-refractivity contribution is 7.78. The van der Waals surface area contributed by atoms with Crippen LogP contribution in [-0.2, 0) is 11.3 Å². The molecule has 8 heavy (non-hydrogen) atoms. The molecule has 0 aromatic rings. The first-order valence-corrected chi connectivity index (χ1v) is 2.69. The summed E-state index contributed by atoms with van der Waals surface area (Å²) >= 11 is -2.28. The molecule has 0 aromatic heterocycles. The lowest BCUT2D eigenvalue weighted by Crippen LogP contribution is -2.12. The third-order valence-electron chi connectivity index (χ3n) is 0.331. The summed E-state index contributed by atoms with van der Waals surface area (Å²) < 4.78 is 20.5. The first-order chi connectivity index (χ1) is 3.66. The Labute approximate surface area is 48.5 Å². The first kappa shape index (κ1) is 7.25. The van der Waals surface area contributed by atoms with Gasteiger partial charge >= 0.3 is 0 Å². The summed E-state index contributed by atoms with van der Waals surface area (Å²) in [6, 6.07) is 0. The van der Waals surface area contributed by atoms with Crippen LogP contribution in [0.3, 0.4) is 0 Å². The molecule has 0 aliphatic rings. The lowest BCUT2D eigenvalue weighted by molar-refractivity contribution is 0.566. The quantitative estimate of drug-likeness (QED) is 0.260. The van der Waals surface area contributed by atoms with Crippen LogP contribution in [0.4, 0.5) is 0 Å². The van der Waals surface area contributed by atoms with Gasteiger partial charge in [0.2, 0.25) is 0 Å². The summed E-state index contributed by atoms with van der Waals surface area (Å²) in [6.45, 7) is 0. The minimum absolute atomic E-state index is 0.258. The Kier molecular flexibility index (Phi) is 2.97. The van der Waals surface area contributed by atoms with Gasteiger partial charge in [0.25, 0.3) is 11.3 Å². The molecule has 6 heteroatoms. The van der Waals surface area contributed by atoms with Crippen molar-refractivity contribution in [3.05, 3.63) is 0 Å². The van der Waals surface area contributed by atoms with Crippen LogP contribution in [0, 0.1) is 5.41 Å². The molecule has 0 aliphatic carbocycles. The topological polar surface area (TPSA) is 99.5 Å². The van der Waals surface area contributed by atoms with Gasteiger partial charge < -0.3 is 11.1 Å². The summed E-state index contributed by atoms with van der Waals surface area (Å²) in [7, 11) is 0. The molecule has 1 unspecified atom stereocenters. The largest absolute Gasteiger partial charge is 0.382 e. The average molecular weight is 135 g/mol. The Morgan fingerprint density at radius 3 is 2.62 bits per heavy atom. The fourth-order valence-electron chi connectivity index (χ4n) is 0.117. The molecule has 0 rings (SSSR count). The molecule has 0 aromatic carbocycles. The third-order valence-corrected chi connectivity index (χ3v) is 0.698. The maximum atomic E-state index is 9.71. The van der Waals surface area contributed by atoms with Gasteiger partial charge in [-0.2, -0.15) is 0 Å². The summed E-state index contributed by atoms with van der Waals surface area (Å²) in [5, 5.41) is 6.38. The van der Waals surface area contributed by atoms with Gasteiger partial charge in [0.15, 0.2) is 5.84 Å². The van der Waals surface area contributed by atoms with E-state index in [1.165, 1.54) is 0 Å². The van der Waals surface area contributed by atoms with E-state index in [1.807, 2.05) is 0 Å². The van der Waals surface area contributed by atoms with Crippen molar-refractivity contribution in [1.29, 1.82) is 5.41 Å². The van der Waals surface area contributed by atoms with E-state index >= 15 is 0 Å². The average Bonchev–Trinajstić information content (AvgIpc) is 1.65. The van der Waals surface area contributed by atoms with Gasteiger partial charge in [-0.05, 0) is 0 Å². The zero-order chi connectivity index (χ0) is 6.57. The van der Waals surface area contributed by atoms with Gasteiger partial charge in [-0.3, -0.25) is 4.55 Å². The van der Waals surface area contributed by atoms with E-state index in [4.69, 9.17) is 15.7 Å². The molecule has 1 atom stereocenters. The normalized spacial score (nSPS) is 15.4. The van der Waals surface area contributed by atoms with Crippen LogP contribution >= 0.6 is 0 Å². The van der Waals surface area contributed by atoms with E-state index < -0.39 is 11.3 Å². The number of amidine groups is 1. The molecule has 0 fully saturated rings. The van der Waals surface area contributed by atoms with Crippen molar-refractivity contribution in [1.82, 2.24) is 0 Å². The van der Waals surface area contributed by atoms with Gasteiger partial charge in [-0.25, -0.2) is 4.21 Å². The van der Waals surface area contributed by atoms with Crippen molar-refractivity contribution in [3.8, 4) is 0 Å². The van der Waals surface area contributed by atoms with Gasteiger partial charge in [-0.1, -0.05) is 0 Å². The third kappa shape index (κ3) is 3.44. The van der Waals surface area contributed by atoms with Gasteiger partial charge in [0.05, 0.1) is 6.21 Å². The molecule has 0 amide bonds. The molecule has 0 heterocycles. The van der Waals surface area contributed by atoms with Crippen LogP contribution < -0.4 is 5.73 Å². The molecular weight excluding hydrogens is 130 g/mol. The summed E-state index contributed by atoms with van der Waals surface area (Å²) in [5.41, 5.74) is 4.83. The van der Waals surface area contributed by atoms with E-state index in [0.29, 0.717) is 6.21 Å². The van der Waals surface area contributed by atoms with E-state index in [9.17, 15) is 4.21 Å². The first-order valence-electron chi connectivity index (χ1n) is 1.62. The van der Waals surface area contributed by atoms with Crippen LogP contribution in [0.5, 0.6) is 0 Å². The van der Waals surface area contributed by atoms with E-state index in [1.54, 1.807) is 0 Å². The highest BCUT2D eigenvalue weighted by Gasteiger charge is 1.85. The van der Waals surface area contributed by atoms with E-state index in [2.05, 4.69) is 4.40 Å². The lowest BCUT2D eigenvalue weighted by atomic mass is 10.7. The summed E-state index contributed by atoms with van der Waals surface area (Å²) in [6.07, 6.45) is 0.689. The number of hydrogen-bond donors (Lipinski definition) is 3. The number of hydrogen-bond acceptors (Lipinski definition) is 2. The van der Waals surface area contributed by atoms with Crippen molar-refractivity contribution < 1.29 is 8.76 Å². The highest BCUT2D eigenvalue weighted by atomic mass is 32.2. The second-order valence-corrected chi connectivity index (χ2v) is 1.54. The van der Waals surface area contributed by atoms with E-state index in [-0.39, 0.29) is 5.84 Å². The molecule has 0 spiro atoms. The Morgan fingerprint density at radius 1 is 2.00 bits per heavy atom. The molecule has 4 N–H and O–H groups in total. The standard InChI is InChI=1S/C2H5N3O2S/c3-1-2(4)5-8(6)7/h1,3H,(H2,4,5)(H,6,7). The Balaban J connectivity index is 3.94. The predicted molar refractivity (Wildman–Crippen MR) is 31.2 cm³/mol. The van der Waals surface area contributed by atoms with Crippen molar-refractivity contribution in [2.24, 2.45) is 10.1 Å². The maximum Gasteiger partial charge on any atom is 0.283 e. The number of rotatable bonds is 2. The molecule has 0 saturated carbocycles. The Hall–Kier alpha value is -0.750. The highest BCUT2D eigenvalue weighted by Crippen LogP contribution is 1.71. The minimum Gasteiger partial charge on any atom is -0.382 e. The fourth-order valence-corrected chi connectivity index (χ4v) is 0.350. The number of nitrogens with one attached hydrogen (secondary N) is 1. The van der Waals surface area contributed by atoms with Crippen LogP contribution in [0.25, 0.3) is 0 Å². The molecule has 0 saturated heterocycles. The Morgan fingerprint density at radius 2 is 2.50 bits per heavy atom. The van der Waals surface area contributed by atoms with Crippen LogP contribution in [-0.4, -0.2) is 20.8 Å². The van der Waals surface area contributed by atoms with Crippen LogP contribution in [0.15, 0.2) is 4.40 Å². The van der Waals surface area contributed by atoms with E-state index in [0.717, 1.165) is 0 Å². The van der Waals surface area contributed by atoms with Gasteiger partial charge in [0, 0.05) is 0 Å². The van der Waals surface area contributed by atoms with Crippen molar-refractivity contribution in [3.63, 3.8) is 0 Å². The molecule has 5 nitrogen and oxygen atoms in total. The van der Waals surface area contributed by atoms with Crippen LogP contribution in [0.1, 0.15) is 0 Å². The van der Waals surface area contributed by atoms with Crippen molar-refractivity contribution in [2.45, 2.75) is 0 Å². The monoisotopic (exact) mass is 135 g/mol. The van der Waals surface area contributed by atoms with Crippen LogP contribution in [0.2, 0.25) is 0 Å². The zero-order valence-electron chi connectivity index (χ0n) is 3.87. The van der Waals surface area contributed by atoms with Gasteiger partial charge in [0.1, 0.15) is 0 Å². The molecule has 0 aliphatic heterocycles. The summed E-state index contributed by atoms with van der Waals surface area (Å²) in [4.78, 5) is 0. The second-order valence-electron chi connectivity index (χ2n) is 0.891. The molecule has 0 radical (unpaired) electrons. The Bertz CT molecular complexity index is 142. The predicted octanol–water partition coefficient (Wildman–Crippen LogP) is -0.870. The lowest BCUT2D eigenvalue weighted by Gasteiger charge is -1.82. The van der Waals surface area contributed by atoms with Crippen molar-refractivity contribution >= 4 is 23.3 Å². The zero-order valence-corrected chi connectivity index (χ0v) is 4.68. The molecule has 46 valence electrons. The summed E-state index contributed by atoms with van der Waals surface area (Å²) in [5.74, 6) is -0.258. The number of nitrogens with two attached hydrogens (primary N) is 1.